The van der Waals surface area contributed by atoms with Gasteiger partial charge in [-0.25, -0.2) is 0 Å². The van der Waals surface area contributed by atoms with E-state index in [0.717, 1.165) is 11.2 Å². The first kappa shape index (κ1) is 14.8. The summed E-state index contributed by atoms with van der Waals surface area (Å²) in [4.78, 5) is 0. The van der Waals surface area contributed by atoms with E-state index in [1.165, 1.54) is 49.7 Å². The van der Waals surface area contributed by atoms with Gasteiger partial charge in [-0.2, -0.15) is 0 Å². The predicted octanol–water partition coefficient (Wildman–Crippen LogP) is 5.52. The minimum absolute atomic E-state index is 0.801. The summed E-state index contributed by atoms with van der Waals surface area (Å²) in [7, 11) is 0. The Kier molecular flexibility index (Phi) is 7.59. The van der Waals surface area contributed by atoms with Crippen LogP contribution in [0.2, 0.25) is 0 Å². The van der Waals surface area contributed by atoms with Gasteiger partial charge in [-0.1, -0.05) is 78.4 Å². The van der Waals surface area contributed by atoms with Gasteiger partial charge < -0.3 is 0 Å². The van der Waals surface area contributed by atoms with E-state index >= 15 is 0 Å². The van der Waals surface area contributed by atoms with Crippen LogP contribution in [0.15, 0.2) is 24.3 Å². The molecule has 0 radical (unpaired) electrons. The summed E-state index contributed by atoms with van der Waals surface area (Å²) in [5, 5.41) is 1.13. The van der Waals surface area contributed by atoms with E-state index in [2.05, 4.69) is 54.0 Å². The first-order valence-corrected chi connectivity index (χ1v) is 8.00. The molecule has 17 heavy (non-hydrogen) atoms. The van der Waals surface area contributed by atoms with Gasteiger partial charge in [-0.05, 0) is 31.2 Å². The van der Waals surface area contributed by atoms with Crippen LogP contribution >= 0.6 is 15.9 Å². The summed E-state index contributed by atoms with van der Waals surface area (Å²) in [6.45, 7) is 4.42. The third kappa shape index (κ3) is 6.26. The van der Waals surface area contributed by atoms with E-state index in [4.69, 9.17) is 0 Å². The highest BCUT2D eigenvalue weighted by molar-refractivity contribution is 9.09. The highest BCUT2D eigenvalue weighted by Gasteiger charge is 2.07. The molecule has 0 nitrogen and oxygen atoms in total. The molecule has 0 aliphatic rings. The van der Waals surface area contributed by atoms with Gasteiger partial charge in [0, 0.05) is 5.33 Å². The van der Waals surface area contributed by atoms with Gasteiger partial charge in [0.2, 0.25) is 0 Å². The maximum atomic E-state index is 3.66. The number of halogens is 1. The van der Waals surface area contributed by atoms with Crippen LogP contribution in [-0.4, -0.2) is 5.33 Å². The fraction of sp³-hybridized carbons (Fsp3) is 0.625. The molecular weight excluding hydrogens is 272 g/mol. The molecule has 0 amide bonds. The molecule has 1 aromatic carbocycles. The summed E-state index contributed by atoms with van der Waals surface area (Å²) >= 11 is 3.66. The van der Waals surface area contributed by atoms with Crippen molar-refractivity contribution >= 4 is 15.9 Å². The Morgan fingerprint density at radius 3 is 2.35 bits per heavy atom. The number of aryl methyl sites for hydroxylation is 1. The van der Waals surface area contributed by atoms with Crippen molar-refractivity contribution in [3.05, 3.63) is 35.4 Å². The first-order chi connectivity index (χ1) is 8.26. The SMILES string of the molecule is CCCCCCC(CBr)Cc1ccc(C)cc1. The molecule has 0 N–H and O–H groups in total. The van der Waals surface area contributed by atoms with Gasteiger partial charge in [0.05, 0.1) is 0 Å². The Morgan fingerprint density at radius 2 is 1.76 bits per heavy atom. The van der Waals surface area contributed by atoms with Crippen molar-refractivity contribution in [1.29, 1.82) is 0 Å². The molecule has 96 valence electrons. The second-order valence-corrected chi connectivity index (χ2v) is 5.71. The number of alkyl halides is 1. The van der Waals surface area contributed by atoms with Crippen molar-refractivity contribution in [2.45, 2.75) is 52.4 Å². The van der Waals surface area contributed by atoms with E-state index in [9.17, 15) is 0 Å². The zero-order valence-electron chi connectivity index (χ0n) is 11.2. The lowest BCUT2D eigenvalue weighted by atomic mass is 9.95. The van der Waals surface area contributed by atoms with Gasteiger partial charge >= 0.3 is 0 Å². The van der Waals surface area contributed by atoms with Crippen molar-refractivity contribution in [2.75, 3.05) is 5.33 Å². The van der Waals surface area contributed by atoms with E-state index in [1.807, 2.05) is 0 Å². The summed E-state index contributed by atoms with van der Waals surface area (Å²) in [6.07, 6.45) is 8.08. The normalized spacial score (nSPS) is 12.6. The maximum absolute atomic E-state index is 3.66. The zero-order chi connectivity index (χ0) is 12.5. The molecule has 0 bridgehead atoms. The summed E-state index contributed by atoms with van der Waals surface area (Å²) in [5.41, 5.74) is 2.84. The maximum Gasteiger partial charge on any atom is 0.00628 e. The number of benzene rings is 1. The van der Waals surface area contributed by atoms with E-state index in [-0.39, 0.29) is 0 Å². The summed E-state index contributed by atoms with van der Waals surface area (Å²) in [5.74, 6) is 0.801. The number of hydrogen-bond donors (Lipinski definition) is 0. The molecule has 1 rings (SSSR count). The molecule has 0 spiro atoms. The number of rotatable bonds is 8. The Hall–Kier alpha value is -0.300. The topological polar surface area (TPSA) is 0 Å². The monoisotopic (exact) mass is 296 g/mol. The molecule has 0 aliphatic heterocycles. The molecule has 0 fully saturated rings. The molecule has 0 aliphatic carbocycles. The van der Waals surface area contributed by atoms with Crippen LogP contribution in [0.4, 0.5) is 0 Å². The van der Waals surface area contributed by atoms with Crippen LogP contribution in [0, 0.1) is 12.8 Å². The average Bonchev–Trinajstić information content (AvgIpc) is 2.35. The number of hydrogen-bond acceptors (Lipinski definition) is 0. The molecule has 1 atom stereocenters. The molecule has 0 aromatic heterocycles. The average molecular weight is 297 g/mol. The predicted molar refractivity (Wildman–Crippen MR) is 80.9 cm³/mol. The lowest BCUT2D eigenvalue weighted by Gasteiger charge is -2.14. The van der Waals surface area contributed by atoms with Crippen LogP contribution < -0.4 is 0 Å². The first-order valence-electron chi connectivity index (χ1n) is 6.87. The Bertz CT molecular complexity index is 289. The van der Waals surface area contributed by atoms with Crippen molar-refractivity contribution in [3.63, 3.8) is 0 Å². The van der Waals surface area contributed by atoms with E-state index in [1.54, 1.807) is 0 Å². The van der Waals surface area contributed by atoms with Crippen LogP contribution in [0.1, 0.15) is 50.2 Å². The molecule has 1 heteroatoms. The van der Waals surface area contributed by atoms with Gasteiger partial charge in [0.15, 0.2) is 0 Å². The third-order valence-electron chi connectivity index (χ3n) is 3.33. The Morgan fingerprint density at radius 1 is 1.06 bits per heavy atom. The standard InChI is InChI=1S/C16H25Br/c1-3-4-5-6-7-16(13-17)12-15-10-8-14(2)9-11-15/h8-11,16H,3-7,12-13H2,1-2H3. The van der Waals surface area contributed by atoms with Gasteiger partial charge in [0.25, 0.3) is 0 Å². The third-order valence-corrected chi connectivity index (χ3v) is 4.24. The highest BCUT2D eigenvalue weighted by Crippen LogP contribution is 2.18. The zero-order valence-corrected chi connectivity index (χ0v) is 12.8. The Labute approximate surface area is 115 Å². The Balaban J connectivity index is 2.33. The minimum Gasteiger partial charge on any atom is -0.0925 e. The molecule has 0 heterocycles. The minimum atomic E-state index is 0.801. The van der Waals surface area contributed by atoms with Gasteiger partial charge in [-0.3, -0.25) is 0 Å². The molecule has 0 saturated carbocycles. The van der Waals surface area contributed by atoms with Crippen molar-refractivity contribution in [1.82, 2.24) is 0 Å². The quantitative estimate of drug-likeness (QED) is 0.438. The molecule has 0 saturated heterocycles. The fourth-order valence-electron chi connectivity index (χ4n) is 2.15. The lowest BCUT2D eigenvalue weighted by molar-refractivity contribution is 0.496. The van der Waals surface area contributed by atoms with Crippen LogP contribution in [0.5, 0.6) is 0 Å². The van der Waals surface area contributed by atoms with Crippen molar-refractivity contribution in [2.24, 2.45) is 5.92 Å². The van der Waals surface area contributed by atoms with Gasteiger partial charge in [0.1, 0.15) is 0 Å². The lowest BCUT2D eigenvalue weighted by Crippen LogP contribution is -2.06. The molecule has 1 aromatic rings. The van der Waals surface area contributed by atoms with Crippen molar-refractivity contribution < 1.29 is 0 Å². The summed E-state index contributed by atoms with van der Waals surface area (Å²) < 4.78 is 0. The summed E-state index contributed by atoms with van der Waals surface area (Å²) in [6, 6.07) is 8.99. The van der Waals surface area contributed by atoms with Crippen molar-refractivity contribution in [3.8, 4) is 0 Å². The molecular formula is C16H25Br. The largest absolute Gasteiger partial charge is 0.0925 e. The fourth-order valence-corrected chi connectivity index (χ4v) is 2.70. The second kappa shape index (κ2) is 8.74. The van der Waals surface area contributed by atoms with Crippen LogP contribution in [0.3, 0.4) is 0 Å². The van der Waals surface area contributed by atoms with E-state index in [0.29, 0.717) is 0 Å². The second-order valence-electron chi connectivity index (χ2n) is 5.06. The van der Waals surface area contributed by atoms with Crippen LogP contribution in [0.25, 0.3) is 0 Å². The van der Waals surface area contributed by atoms with Crippen LogP contribution in [-0.2, 0) is 6.42 Å². The molecule has 1 unspecified atom stereocenters. The smallest absolute Gasteiger partial charge is 0.00628 e. The highest BCUT2D eigenvalue weighted by atomic mass is 79.9. The van der Waals surface area contributed by atoms with Gasteiger partial charge in [-0.15, -0.1) is 0 Å². The van der Waals surface area contributed by atoms with E-state index < -0.39 is 0 Å². The number of unbranched alkanes of at least 4 members (excludes halogenated alkanes) is 3.